The van der Waals surface area contributed by atoms with E-state index in [1.807, 2.05) is 12.1 Å². The number of morpholine rings is 1. The number of carbonyl (C=O) groups is 1. The minimum Gasteiger partial charge on any atom is -0.478 e. The van der Waals surface area contributed by atoms with Crippen LogP contribution in [-0.2, 0) is 11.3 Å². The molecule has 2 aromatic carbocycles. The zero-order valence-electron chi connectivity index (χ0n) is 12.9. The van der Waals surface area contributed by atoms with Gasteiger partial charge in [-0.3, -0.25) is 4.90 Å². The van der Waals surface area contributed by atoms with Gasteiger partial charge in [-0.25, -0.2) is 9.18 Å². The first-order chi connectivity index (χ1) is 11.5. The Morgan fingerprint density at radius 1 is 1.29 bits per heavy atom. The van der Waals surface area contributed by atoms with Crippen molar-refractivity contribution in [2.45, 2.75) is 12.6 Å². The smallest absolute Gasteiger partial charge is 0.335 e. The molecular formula is C18H17ClFNO3. The summed E-state index contributed by atoms with van der Waals surface area (Å²) in [6.45, 7) is 2.67. The maximum Gasteiger partial charge on any atom is 0.335 e. The highest BCUT2D eigenvalue weighted by molar-refractivity contribution is 6.31. The highest BCUT2D eigenvalue weighted by atomic mass is 35.5. The van der Waals surface area contributed by atoms with Gasteiger partial charge in [-0.15, -0.1) is 0 Å². The van der Waals surface area contributed by atoms with Gasteiger partial charge in [0, 0.05) is 30.2 Å². The van der Waals surface area contributed by atoms with Crippen LogP contribution >= 0.6 is 11.6 Å². The molecule has 1 aliphatic heterocycles. The standard InChI is InChI=1S/C18H17ClFNO3/c19-16-9-14(20)5-6-15(16)17-11-21(7-8-24-17)10-12-1-3-13(4-2-12)18(22)23/h1-6,9,17H,7-8,10-11H2,(H,22,23)/t17-/m0/s1. The summed E-state index contributed by atoms with van der Waals surface area (Å²) in [6.07, 6.45) is -0.204. The van der Waals surface area contributed by atoms with Gasteiger partial charge in [0.25, 0.3) is 0 Å². The fraction of sp³-hybridized carbons (Fsp3) is 0.278. The third-order valence-electron chi connectivity index (χ3n) is 4.07. The topological polar surface area (TPSA) is 49.8 Å². The van der Waals surface area contributed by atoms with E-state index in [-0.39, 0.29) is 17.5 Å². The van der Waals surface area contributed by atoms with Gasteiger partial charge in [0.2, 0.25) is 0 Å². The molecule has 0 aromatic heterocycles. The summed E-state index contributed by atoms with van der Waals surface area (Å²) < 4.78 is 19.0. The van der Waals surface area contributed by atoms with E-state index >= 15 is 0 Å². The molecule has 2 aromatic rings. The van der Waals surface area contributed by atoms with Crippen LogP contribution in [0.5, 0.6) is 0 Å². The number of aromatic carboxylic acids is 1. The van der Waals surface area contributed by atoms with E-state index in [0.29, 0.717) is 24.7 Å². The molecule has 1 fully saturated rings. The van der Waals surface area contributed by atoms with E-state index in [2.05, 4.69) is 4.90 Å². The zero-order valence-corrected chi connectivity index (χ0v) is 13.7. The fourth-order valence-corrected chi connectivity index (χ4v) is 3.10. The largest absolute Gasteiger partial charge is 0.478 e. The predicted octanol–water partition coefficient (Wildman–Crippen LogP) is 3.75. The van der Waals surface area contributed by atoms with E-state index in [9.17, 15) is 9.18 Å². The van der Waals surface area contributed by atoms with Gasteiger partial charge in [-0.2, -0.15) is 0 Å². The zero-order chi connectivity index (χ0) is 17.1. The molecule has 1 N–H and O–H groups in total. The molecule has 1 atom stereocenters. The summed E-state index contributed by atoms with van der Waals surface area (Å²) >= 11 is 6.12. The minimum atomic E-state index is -0.932. The van der Waals surface area contributed by atoms with Crippen molar-refractivity contribution in [3.63, 3.8) is 0 Å². The Labute approximate surface area is 144 Å². The summed E-state index contributed by atoms with van der Waals surface area (Å²) in [5, 5.41) is 9.31. The maximum atomic E-state index is 13.2. The van der Waals surface area contributed by atoms with Crippen LogP contribution in [0.2, 0.25) is 5.02 Å². The molecule has 0 bridgehead atoms. The Bertz CT molecular complexity index is 736. The minimum absolute atomic E-state index is 0.204. The Balaban J connectivity index is 1.68. The number of carboxylic acid groups (broad SMARTS) is 1. The number of hydrogen-bond donors (Lipinski definition) is 1. The van der Waals surface area contributed by atoms with Gasteiger partial charge < -0.3 is 9.84 Å². The number of halogens is 2. The SMILES string of the molecule is O=C(O)c1ccc(CN2CCO[C@H](c3ccc(F)cc3Cl)C2)cc1. The van der Waals surface area contributed by atoms with Crippen LogP contribution in [0.3, 0.4) is 0 Å². The number of benzene rings is 2. The van der Waals surface area contributed by atoms with Crippen molar-refractivity contribution in [1.82, 2.24) is 4.90 Å². The molecular weight excluding hydrogens is 333 g/mol. The molecule has 0 unspecified atom stereocenters. The van der Waals surface area contributed by atoms with Gasteiger partial charge in [0.1, 0.15) is 5.82 Å². The molecule has 0 amide bonds. The molecule has 0 saturated carbocycles. The number of rotatable bonds is 4. The van der Waals surface area contributed by atoms with Gasteiger partial charge in [0.05, 0.1) is 18.3 Å². The summed E-state index contributed by atoms with van der Waals surface area (Å²) in [5.74, 6) is -1.30. The first kappa shape index (κ1) is 16.9. The molecule has 0 spiro atoms. The second-order valence-corrected chi connectivity index (χ2v) is 6.17. The van der Waals surface area contributed by atoms with Crippen molar-refractivity contribution >= 4 is 17.6 Å². The Hall–Kier alpha value is -1.95. The van der Waals surface area contributed by atoms with Gasteiger partial charge in [-0.05, 0) is 29.8 Å². The van der Waals surface area contributed by atoms with Crippen LogP contribution in [0, 0.1) is 5.82 Å². The van der Waals surface area contributed by atoms with Crippen LogP contribution in [0.15, 0.2) is 42.5 Å². The van der Waals surface area contributed by atoms with Crippen molar-refractivity contribution in [2.75, 3.05) is 19.7 Å². The quantitative estimate of drug-likeness (QED) is 0.913. The van der Waals surface area contributed by atoms with E-state index in [4.69, 9.17) is 21.4 Å². The lowest BCUT2D eigenvalue weighted by atomic mass is 10.1. The Morgan fingerprint density at radius 2 is 2.04 bits per heavy atom. The third kappa shape index (κ3) is 3.93. The molecule has 1 saturated heterocycles. The molecule has 4 nitrogen and oxygen atoms in total. The molecule has 6 heteroatoms. The Morgan fingerprint density at radius 3 is 2.71 bits per heavy atom. The van der Waals surface area contributed by atoms with E-state index in [0.717, 1.165) is 17.7 Å². The summed E-state index contributed by atoms with van der Waals surface area (Å²) in [4.78, 5) is 13.1. The molecule has 0 aliphatic carbocycles. The second-order valence-electron chi connectivity index (χ2n) is 5.76. The summed E-state index contributed by atoms with van der Waals surface area (Å²) in [6, 6.07) is 11.2. The number of nitrogens with zero attached hydrogens (tertiary/aromatic N) is 1. The molecule has 24 heavy (non-hydrogen) atoms. The predicted molar refractivity (Wildman–Crippen MR) is 88.8 cm³/mol. The van der Waals surface area contributed by atoms with Crippen molar-refractivity contribution in [2.24, 2.45) is 0 Å². The Kier molecular flexibility index (Phi) is 5.14. The maximum absolute atomic E-state index is 13.2. The first-order valence-corrected chi connectivity index (χ1v) is 8.02. The molecule has 0 radical (unpaired) electrons. The van der Waals surface area contributed by atoms with Crippen LogP contribution in [-0.4, -0.2) is 35.7 Å². The van der Waals surface area contributed by atoms with Crippen LogP contribution in [0.25, 0.3) is 0 Å². The lowest BCUT2D eigenvalue weighted by Crippen LogP contribution is -2.37. The first-order valence-electron chi connectivity index (χ1n) is 7.64. The van der Waals surface area contributed by atoms with Gasteiger partial charge >= 0.3 is 5.97 Å². The lowest BCUT2D eigenvalue weighted by Gasteiger charge is -2.33. The van der Waals surface area contributed by atoms with Gasteiger partial charge in [-0.1, -0.05) is 29.8 Å². The number of ether oxygens (including phenoxy) is 1. The fourth-order valence-electron chi connectivity index (χ4n) is 2.81. The van der Waals surface area contributed by atoms with Crippen LogP contribution < -0.4 is 0 Å². The second kappa shape index (κ2) is 7.30. The van der Waals surface area contributed by atoms with Crippen molar-refractivity contribution in [1.29, 1.82) is 0 Å². The summed E-state index contributed by atoms with van der Waals surface area (Å²) in [7, 11) is 0. The van der Waals surface area contributed by atoms with Gasteiger partial charge in [0.15, 0.2) is 0 Å². The van der Waals surface area contributed by atoms with Crippen molar-refractivity contribution in [3.05, 3.63) is 70.0 Å². The lowest BCUT2D eigenvalue weighted by molar-refractivity contribution is -0.0329. The van der Waals surface area contributed by atoms with Crippen molar-refractivity contribution < 1.29 is 19.0 Å². The molecule has 1 heterocycles. The molecule has 126 valence electrons. The molecule has 1 aliphatic rings. The average Bonchev–Trinajstić information content (AvgIpc) is 2.55. The third-order valence-corrected chi connectivity index (χ3v) is 4.39. The monoisotopic (exact) mass is 349 g/mol. The highest BCUT2D eigenvalue weighted by Crippen LogP contribution is 2.29. The number of hydrogen-bond acceptors (Lipinski definition) is 3. The van der Waals surface area contributed by atoms with Crippen LogP contribution in [0.4, 0.5) is 4.39 Å². The average molecular weight is 350 g/mol. The van der Waals surface area contributed by atoms with E-state index in [1.165, 1.54) is 12.1 Å². The normalized spacial score (nSPS) is 18.5. The number of carboxylic acids is 1. The highest BCUT2D eigenvalue weighted by Gasteiger charge is 2.24. The van der Waals surface area contributed by atoms with E-state index < -0.39 is 5.97 Å². The van der Waals surface area contributed by atoms with E-state index in [1.54, 1.807) is 18.2 Å². The summed E-state index contributed by atoms with van der Waals surface area (Å²) in [5.41, 5.74) is 2.09. The van der Waals surface area contributed by atoms with Crippen molar-refractivity contribution in [3.8, 4) is 0 Å². The molecule has 3 rings (SSSR count). The van der Waals surface area contributed by atoms with Crippen LogP contribution in [0.1, 0.15) is 27.6 Å².